The van der Waals surface area contributed by atoms with Gasteiger partial charge in [0.1, 0.15) is 5.75 Å². The molecule has 25 heavy (non-hydrogen) atoms. The first kappa shape index (κ1) is 17.6. The summed E-state index contributed by atoms with van der Waals surface area (Å²) in [6.07, 6.45) is 1.57. The van der Waals surface area contributed by atoms with Gasteiger partial charge in [-0.1, -0.05) is 12.1 Å². The number of carbonyl (C=O) groups is 2. The van der Waals surface area contributed by atoms with Crippen molar-refractivity contribution < 1.29 is 14.3 Å². The molecule has 6 heteroatoms. The molecular weight excluding hydrogens is 318 g/mol. The third kappa shape index (κ3) is 3.89. The van der Waals surface area contributed by atoms with Crippen molar-refractivity contribution in [3.63, 3.8) is 0 Å². The van der Waals surface area contributed by atoms with Crippen LogP contribution < -0.4 is 9.64 Å². The van der Waals surface area contributed by atoms with Gasteiger partial charge in [0.2, 0.25) is 11.8 Å². The van der Waals surface area contributed by atoms with Crippen molar-refractivity contribution in [1.29, 1.82) is 0 Å². The number of piperidine rings is 1. The molecule has 0 N–H and O–H groups in total. The first-order valence-corrected chi connectivity index (χ1v) is 9.02. The Bertz CT molecular complexity index is 618. The molecule has 2 amide bonds. The lowest BCUT2D eigenvalue weighted by Crippen LogP contribution is -2.52. The van der Waals surface area contributed by atoms with E-state index in [1.807, 2.05) is 28.0 Å². The van der Waals surface area contributed by atoms with Gasteiger partial charge in [0.05, 0.1) is 12.8 Å². The van der Waals surface area contributed by atoms with Gasteiger partial charge in [-0.25, -0.2) is 0 Å². The Labute approximate surface area is 149 Å². The summed E-state index contributed by atoms with van der Waals surface area (Å²) in [5.74, 6) is 1.30. The molecule has 3 rings (SSSR count). The number of likely N-dealkylation sites (tertiary alicyclic amines) is 1. The number of rotatable bonds is 3. The minimum absolute atomic E-state index is 0.0633. The van der Waals surface area contributed by atoms with Gasteiger partial charge in [0, 0.05) is 52.1 Å². The molecule has 6 nitrogen and oxygen atoms in total. The normalized spacial score (nSPS) is 19.0. The highest BCUT2D eigenvalue weighted by atomic mass is 16.5. The Balaban J connectivity index is 1.54. The number of piperazine rings is 1. The van der Waals surface area contributed by atoms with Crippen molar-refractivity contribution in [2.75, 3.05) is 51.3 Å². The maximum atomic E-state index is 12.8. The highest BCUT2D eigenvalue weighted by Gasteiger charge is 2.31. The lowest BCUT2D eigenvalue weighted by molar-refractivity contribution is -0.140. The predicted octanol–water partition coefficient (Wildman–Crippen LogP) is 1.60. The van der Waals surface area contributed by atoms with Crippen LogP contribution in [0.3, 0.4) is 0 Å². The molecule has 0 bridgehead atoms. The second-order valence-electron chi connectivity index (χ2n) is 6.76. The first-order chi connectivity index (χ1) is 12.1. The summed E-state index contributed by atoms with van der Waals surface area (Å²) < 4.78 is 5.44. The van der Waals surface area contributed by atoms with E-state index in [2.05, 4.69) is 11.0 Å². The van der Waals surface area contributed by atoms with Crippen LogP contribution >= 0.6 is 0 Å². The molecule has 136 valence electrons. The average Bonchev–Trinajstić information content (AvgIpc) is 2.67. The number of para-hydroxylation sites is 2. The van der Waals surface area contributed by atoms with Gasteiger partial charge in [-0.15, -0.1) is 0 Å². The Morgan fingerprint density at radius 2 is 1.60 bits per heavy atom. The zero-order valence-corrected chi connectivity index (χ0v) is 15.1. The van der Waals surface area contributed by atoms with Crippen molar-refractivity contribution in [3.8, 4) is 5.75 Å². The van der Waals surface area contributed by atoms with Crippen molar-refractivity contribution >= 4 is 17.5 Å². The Morgan fingerprint density at radius 1 is 0.960 bits per heavy atom. The average molecular weight is 345 g/mol. The maximum Gasteiger partial charge on any atom is 0.225 e. The zero-order chi connectivity index (χ0) is 17.8. The second kappa shape index (κ2) is 7.76. The van der Waals surface area contributed by atoms with E-state index in [-0.39, 0.29) is 17.7 Å². The standard InChI is InChI=1S/C19H27N3O3/c1-15(23)20-9-7-16(8-10-20)19(24)22-13-11-21(12-14-22)17-5-3-4-6-18(17)25-2/h3-6,16H,7-14H2,1-2H3. The number of hydrogen-bond donors (Lipinski definition) is 0. The van der Waals surface area contributed by atoms with Crippen LogP contribution in [0.25, 0.3) is 0 Å². The van der Waals surface area contributed by atoms with E-state index < -0.39 is 0 Å². The molecule has 2 aliphatic rings. The molecule has 2 saturated heterocycles. The van der Waals surface area contributed by atoms with Crippen LogP contribution in [0.1, 0.15) is 19.8 Å². The van der Waals surface area contributed by atoms with Crippen LogP contribution in [-0.2, 0) is 9.59 Å². The second-order valence-corrected chi connectivity index (χ2v) is 6.76. The number of amides is 2. The van der Waals surface area contributed by atoms with Gasteiger partial charge in [0.25, 0.3) is 0 Å². The number of carbonyl (C=O) groups excluding carboxylic acids is 2. The van der Waals surface area contributed by atoms with Crippen LogP contribution in [0.4, 0.5) is 5.69 Å². The molecule has 2 heterocycles. The van der Waals surface area contributed by atoms with E-state index in [0.717, 1.165) is 50.5 Å². The van der Waals surface area contributed by atoms with Crippen molar-refractivity contribution in [2.24, 2.45) is 5.92 Å². The topological polar surface area (TPSA) is 53.1 Å². The molecule has 0 saturated carbocycles. The number of nitrogens with zero attached hydrogens (tertiary/aromatic N) is 3. The van der Waals surface area contributed by atoms with Crippen LogP contribution in [0.15, 0.2) is 24.3 Å². The smallest absolute Gasteiger partial charge is 0.225 e. The third-order valence-corrected chi connectivity index (χ3v) is 5.31. The fourth-order valence-electron chi connectivity index (χ4n) is 3.76. The van der Waals surface area contributed by atoms with Crippen LogP contribution in [0.5, 0.6) is 5.75 Å². The van der Waals surface area contributed by atoms with Gasteiger partial charge < -0.3 is 19.4 Å². The first-order valence-electron chi connectivity index (χ1n) is 9.02. The zero-order valence-electron chi connectivity index (χ0n) is 15.1. The molecular formula is C19H27N3O3. The van der Waals surface area contributed by atoms with Gasteiger partial charge >= 0.3 is 0 Å². The molecule has 0 atom stereocenters. The molecule has 1 aromatic carbocycles. The molecule has 0 unspecified atom stereocenters. The summed E-state index contributed by atoms with van der Waals surface area (Å²) in [6.45, 7) is 6.11. The van der Waals surface area contributed by atoms with Gasteiger partial charge in [-0.3, -0.25) is 9.59 Å². The molecule has 2 aliphatic heterocycles. The van der Waals surface area contributed by atoms with Gasteiger partial charge in [-0.2, -0.15) is 0 Å². The summed E-state index contributed by atoms with van der Waals surface area (Å²) in [5, 5.41) is 0. The molecule has 0 aromatic heterocycles. The minimum atomic E-state index is 0.0633. The summed E-state index contributed by atoms with van der Waals surface area (Å²) >= 11 is 0. The van der Waals surface area contributed by atoms with E-state index in [1.54, 1.807) is 14.0 Å². The maximum absolute atomic E-state index is 12.8. The van der Waals surface area contributed by atoms with Crippen LogP contribution in [-0.4, -0.2) is 68.0 Å². The molecule has 0 radical (unpaired) electrons. The number of ether oxygens (including phenoxy) is 1. The SMILES string of the molecule is COc1ccccc1N1CCN(C(=O)C2CCN(C(C)=O)CC2)CC1. The highest BCUT2D eigenvalue weighted by molar-refractivity contribution is 5.80. The van der Waals surface area contributed by atoms with Crippen molar-refractivity contribution in [3.05, 3.63) is 24.3 Å². The number of anilines is 1. The number of hydrogen-bond acceptors (Lipinski definition) is 4. The fourth-order valence-corrected chi connectivity index (χ4v) is 3.76. The van der Waals surface area contributed by atoms with Crippen LogP contribution in [0, 0.1) is 5.92 Å². The Hall–Kier alpha value is -2.24. The van der Waals surface area contributed by atoms with Crippen LogP contribution in [0.2, 0.25) is 0 Å². The molecule has 1 aromatic rings. The van der Waals surface area contributed by atoms with Crippen molar-refractivity contribution in [1.82, 2.24) is 9.80 Å². The predicted molar refractivity (Wildman–Crippen MR) is 96.8 cm³/mol. The van der Waals surface area contributed by atoms with E-state index in [1.165, 1.54) is 0 Å². The largest absolute Gasteiger partial charge is 0.495 e. The summed E-state index contributed by atoms with van der Waals surface area (Å²) in [6, 6.07) is 8.01. The monoisotopic (exact) mass is 345 g/mol. The van der Waals surface area contributed by atoms with Gasteiger partial charge in [0.15, 0.2) is 0 Å². The summed E-state index contributed by atoms with van der Waals surface area (Å²) in [7, 11) is 1.69. The van der Waals surface area contributed by atoms with Gasteiger partial charge in [-0.05, 0) is 25.0 Å². The lowest BCUT2D eigenvalue weighted by Gasteiger charge is -2.39. The van der Waals surface area contributed by atoms with Crippen molar-refractivity contribution in [2.45, 2.75) is 19.8 Å². The number of methoxy groups -OCH3 is 1. The Kier molecular flexibility index (Phi) is 5.46. The molecule has 0 spiro atoms. The van der Waals surface area contributed by atoms with E-state index in [9.17, 15) is 9.59 Å². The Morgan fingerprint density at radius 3 is 2.20 bits per heavy atom. The van der Waals surface area contributed by atoms with E-state index in [0.29, 0.717) is 13.1 Å². The quantitative estimate of drug-likeness (QED) is 0.835. The summed E-state index contributed by atoms with van der Waals surface area (Å²) in [5.41, 5.74) is 1.09. The minimum Gasteiger partial charge on any atom is -0.495 e. The van der Waals surface area contributed by atoms with E-state index >= 15 is 0 Å². The van der Waals surface area contributed by atoms with E-state index in [4.69, 9.17) is 4.74 Å². The number of benzene rings is 1. The lowest BCUT2D eigenvalue weighted by atomic mass is 9.95. The highest BCUT2D eigenvalue weighted by Crippen LogP contribution is 2.29. The molecule has 2 fully saturated rings. The third-order valence-electron chi connectivity index (χ3n) is 5.31. The summed E-state index contributed by atoms with van der Waals surface area (Å²) in [4.78, 5) is 30.3. The fraction of sp³-hybridized carbons (Fsp3) is 0.579. The molecule has 0 aliphatic carbocycles.